The highest BCUT2D eigenvalue weighted by molar-refractivity contribution is 7.89. The molecule has 1 N–H and O–H groups in total. The van der Waals surface area contributed by atoms with Crippen LogP contribution >= 0.6 is 11.6 Å². The molecule has 0 aliphatic carbocycles. The number of rotatable bonds is 7. The van der Waals surface area contributed by atoms with E-state index in [0.717, 1.165) is 5.56 Å². The number of alkyl halides is 2. The lowest BCUT2D eigenvalue weighted by Crippen LogP contribution is -2.26. The highest BCUT2D eigenvalue weighted by Gasteiger charge is 2.13. The standard InChI is InChI=1S/C14H13ClF2N2O3S/c15-13-6-5-12(9-18-13)23(20,21)19-8-7-10-1-3-11(4-2-10)22-14(16)17/h1-6,9,14,19H,7-8H2. The van der Waals surface area contributed by atoms with Crippen LogP contribution < -0.4 is 9.46 Å². The van der Waals surface area contributed by atoms with Crippen molar-refractivity contribution in [3.05, 3.63) is 53.3 Å². The Labute approximate surface area is 137 Å². The van der Waals surface area contributed by atoms with E-state index in [1.54, 1.807) is 12.1 Å². The van der Waals surface area contributed by atoms with E-state index in [4.69, 9.17) is 11.6 Å². The van der Waals surface area contributed by atoms with Crippen molar-refractivity contribution in [2.24, 2.45) is 0 Å². The van der Waals surface area contributed by atoms with E-state index in [1.165, 1.54) is 30.5 Å². The van der Waals surface area contributed by atoms with E-state index < -0.39 is 16.6 Å². The molecule has 0 spiro atoms. The second-order valence-electron chi connectivity index (χ2n) is 4.49. The summed E-state index contributed by atoms with van der Waals surface area (Å²) in [5, 5.41) is 0.204. The van der Waals surface area contributed by atoms with E-state index in [9.17, 15) is 17.2 Å². The van der Waals surface area contributed by atoms with Crippen LogP contribution in [0.1, 0.15) is 5.56 Å². The van der Waals surface area contributed by atoms with Crippen LogP contribution in [0.4, 0.5) is 8.78 Å². The molecule has 1 aromatic heterocycles. The van der Waals surface area contributed by atoms with Crippen LogP contribution in [0.2, 0.25) is 5.15 Å². The van der Waals surface area contributed by atoms with Crippen molar-refractivity contribution in [2.45, 2.75) is 17.9 Å². The molecule has 0 radical (unpaired) electrons. The zero-order chi connectivity index (χ0) is 16.9. The van der Waals surface area contributed by atoms with Crippen LogP contribution in [0.5, 0.6) is 5.75 Å². The minimum Gasteiger partial charge on any atom is -0.435 e. The lowest BCUT2D eigenvalue weighted by molar-refractivity contribution is -0.0498. The van der Waals surface area contributed by atoms with E-state index >= 15 is 0 Å². The first-order chi connectivity index (χ1) is 10.9. The monoisotopic (exact) mass is 362 g/mol. The van der Waals surface area contributed by atoms with E-state index in [-0.39, 0.29) is 22.3 Å². The molecule has 9 heteroatoms. The summed E-state index contributed by atoms with van der Waals surface area (Å²) in [7, 11) is -3.67. The highest BCUT2D eigenvalue weighted by Crippen LogP contribution is 2.15. The quantitative estimate of drug-likeness (QED) is 0.769. The van der Waals surface area contributed by atoms with Crippen molar-refractivity contribution in [1.82, 2.24) is 9.71 Å². The van der Waals surface area contributed by atoms with Gasteiger partial charge in [-0.05, 0) is 36.2 Å². The molecule has 0 aliphatic rings. The minimum absolute atomic E-state index is 0.0163. The zero-order valence-electron chi connectivity index (χ0n) is 11.7. The summed E-state index contributed by atoms with van der Waals surface area (Å²) in [5.41, 5.74) is 0.781. The van der Waals surface area contributed by atoms with Gasteiger partial charge < -0.3 is 4.74 Å². The lowest BCUT2D eigenvalue weighted by atomic mass is 10.1. The number of ether oxygens (including phenoxy) is 1. The molecule has 0 atom stereocenters. The first kappa shape index (κ1) is 17.6. The zero-order valence-corrected chi connectivity index (χ0v) is 13.3. The number of nitrogens with one attached hydrogen (secondary N) is 1. The number of pyridine rings is 1. The van der Waals surface area contributed by atoms with Gasteiger partial charge in [-0.3, -0.25) is 0 Å². The minimum atomic E-state index is -3.67. The van der Waals surface area contributed by atoms with E-state index in [2.05, 4.69) is 14.4 Å². The van der Waals surface area contributed by atoms with Gasteiger partial charge >= 0.3 is 6.61 Å². The SMILES string of the molecule is O=S(=O)(NCCc1ccc(OC(F)F)cc1)c1ccc(Cl)nc1. The third-order valence-corrected chi connectivity index (χ3v) is 4.53. The molecular weight excluding hydrogens is 350 g/mol. The largest absolute Gasteiger partial charge is 0.435 e. The van der Waals surface area contributed by atoms with Crippen molar-refractivity contribution < 1.29 is 21.9 Å². The molecule has 0 fully saturated rings. The van der Waals surface area contributed by atoms with Crippen molar-refractivity contribution in [2.75, 3.05) is 6.54 Å². The molecule has 0 aliphatic heterocycles. The Morgan fingerprint density at radius 3 is 2.43 bits per heavy atom. The maximum atomic E-state index is 12.0. The van der Waals surface area contributed by atoms with Crippen molar-refractivity contribution in [3.63, 3.8) is 0 Å². The molecule has 0 saturated carbocycles. The van der Waals surface area contributed by atoms with Crippen molar-refractivity contribution in [1.29, 1.82) is 0 Å². The van der Waals surface area contributed by atoms with Gasteiger partial charge in [0.1, 0.15) is 15.8 Å². The van der Waals surface area contributed by atoms with Gasteiger partial charge in [0, 0.05) is 12.7 Å². The summed E-state index contributed by atoms with van der Waals surface area (Å²) in [4.78, 5) is 3.73. The summed E-state index contributed by atoms with van der Waals surface area (Å²) in [5.74, 6) is 0.0524. The van der Waals surface area contributed by atoms with Gasteiger partial charge in [-0.25, -0.2) is 18.1 Å². The fourth-order valence-corrected chi connectivity index (χ4v) is 2.86. The number of benzene rings is 1. The molecule has 0 saturated heterocycles. The Balaban J connectivity index is 1.90. The number of hydrogen-bond acceptors (Lipinski definition) is 4. The van der Waals surface area contributed by atoms with Crippen molar-refractivity contribution in [3.8, 4) is 5.75 Å². The first-order valence-corrected chi connectivity index (χ1v) is 8.38. The van der Waals surface area contributed by atoms with Gasteiger partial charge in [-0.1, -0.05) is 23.7 Å². The predicted octanol–water partition coefficient (Wildman–Crippen LogP) is 2.86. The molecule has 1 heterocycles. The average Bonchev–Trinajstić information content (AvgIpc) is 2.49. The number of nitrogens with zero attached hydrogens (tertiary/aromatic N) is 1. The number of hydrogen-bond donors (Lipinski definition) is 1. The molecule has 124 valence electrons. The molecule has 5 nitrogen and oxygen atoms in total. The second kappa shape index (κ2) is 7.67. The molecular formula is C14H13ClF2N2O3S. The maximum Gasteiger partial charge on any atom is 0.387 e. The van der Waals surface area contributed by atoms with Crippen LogP contribution in [0.3, 0.4) is 0 Å². The average molecular weight is 363 g/mol. The fraction of sp³-hybridized carbons (Fsp3) is 0.214. The van der Waals surface area contributed by atoms with Crippen LogP contribution in [0, 0.1) is 0 Å². The van der Waals surface area contributed by atoms with Gasteiger partial charge in [0.15, 0.2) is 0 Å². The Morgan fingerprint density at radius 2 is 1.87 bits per heavy atom. The summed E-state index contributed by atoms with van der Waals surface area (Å²) in [6, 6.07) is 8.73. The van der Waals surface area contributed by atoms with Gasteiger partial charge in [0.25, 0.3) is 0 Å². The molecule has 23 heavy (non-hydrogen) atoms. The number of sulfonamides is 1. The maximum absolute atomic E-state index is 12.0. The smallest absolute Gasteiger partial charge is 0.387 e. The fourth-order valence-electron chi connectivity index (χ4n) is 1.77. The van der Waals surface area contributed by atoms with Gasteiger partial charge in [0.2, 0.25) is 10.0 Å². The topological polar surface area (TPSA) is 68.3 Å². The van der Waals surface area contributed by atoms with Gasteiger partial charge in [0.05, 0.1) is 0 Å². The Bertz CT molecular complexity index is 738. The number of halogens is 3. The molecule has 2 aromatic rings. The molecule has 0 amide bonds. The normalized spacial score (nSPS) is 11.7. The third-order valence-electron chi connectivity index (χ3n) is 2.86. The molecule has 0 bridgehead atoms. The van der Waals surface area contributed by atoms with Gasteiger partial charge in [-0.2, -0.15) is 8.78 Å². The summed E-state index contributed by atoms with van der Waals surface area (Å²) in [6.07, 6.45) is 1.57. The number of aromatic nitrogens is 1. The van der Waals surface area contributed by atoms with Gasteiger partial charge in [-0.15, -0.1) is 0 Å². The first-order valence-electron chi connectivity index (χ1n) is 6.52. The Morgan fingerprint density at radius 1 is 1.17 bits per heavy atom. The Hall–Kier alpha value is -1.77. The summed E-state index contributed by atoms with van der Waals surface area (Å²) < 4.78 is 54.7. The van der Waals surface area contributed by atoms with Crippen LogP contribution in [0.15, 0.2) is 47.5 Å². The molecule has 1 aromatic carbocycles. The second-order valence-corrected chi connectivity index (χ2v) is 6.64. The lowest BCUT2D eigenvalue weighted by Gasteiger charge is -2.08. The van der Waals surface area contributed by atoms with Crippen LogP contribution in [-0.2, 0) is 16.4 Å². The predicted molar refractivity (Wildman–Crippen MR) is 81.2 cm³/mol. The third kappa shape index (κ3) is 5.42. The Kier molecular flexibility index (Phi) is 5.86. The summed E-state index contributed by atoms with van der Waals surface area (Å²) >= 11 is 5.61. The highest BCUT2D eigenvalue weighted by atomic mass is 35.5. The van der Waals surface area contributed by atoms with Crippen molar-refractivity contribution >= 4 is 21.6 Å². The molecule has 0 unspecified atom stereocenters. The summed E-state index contributed by atoms with van der Waals surface area (Å²) in [6.45, 7) is -2.72. The van der Waals surface area contributed by atoms with E-state index in [1.807, 2.05) is 0 Å². The molecule has 2 rings (SSSR count). The van der Waals surface area contributed by atoms with E-state index in [0.29, 0.717) is 6.42 Å². The van der Waals surface area contributed by atoms with Crippen LogP contribution in [-0.4, -0.2) is 26.6 Å². The van der Waals surface area contributed by atoms with Crippen LogP contribution in [0.25, 0.3) is 0 Å².